The summed E-state index contributed by atoms with van der Waals surface area (Å²) in [7, 11) is 0. The molecule has 1 aromatic carbocycles. The molecule has 0 radical (unpaired) electrons. The van der Waals surface area contributed by atoms with Gasteiger partial charge in [-0.25, -0.2) is 14.2 Å². The minimum absolute atomic E-state index is 0.171. The third-order valence-electron chi connectivity index (χ3n) is 2.54. The summed E-state index contributed by atoms with van der Waals surface area (Å²) < 4.78 is 18.1. The van der Waals surface area contributed by atoms with Gasteiger partial charge in [0.25, 0.3) is 0 Å². The van der Waals surface area contributed by atoms with Crippen LogP contribution in [0.3, 0.4) is 0 Å². The summed E-state index contributed by atoms with van der Waals surface area (Å²) in [6.45, 7) is 0. The van der Waals surface area contributed by atoms with Gasteiger partial charge in [0, 0.05) is 4.88 Å². The summed E-state index contributed by atoms with van der Waals surface area (Å²) in [6.07, 6.45) is 0.472. The van der Waals surface area contributed by atoms with E-state index in [2.05, 4.69) is 4.98 Å². The van der Waals surface area contributed by atoms with Gasteiger partial charge in [0.05, 0.1) is 17.3 Å². The highest BCUT2D eigenvalue weighted by atomic mass is 32.1. The number of hydrogen-bond donors (Lipinski definition) is 0. The molecule has 0 spiro atoms. The number of halogens is 1. The van der Waals surface area contributed by atoms with Crippen LogP contribution in [-0.4, -0.2) is 4.98 Å². The van der Waals surface area contributed by atoms with Crippen molar-refractivity contribution in [2.24, 2.45) is 0 Å². The Bertz CT molecular complexity index is 749. The SMILES string of the molecule is O=c1oc(Cc2cccs2)nc2ccc(F)cc12. The molecular formula is C13H8FNO2S. The third kappa shape index (κ3) is 2.04. The van der Waals surface area contributed by atoms with Gasteiger partial charge in [-0.15, -0.1) is 11.3 Å². The number of aromatic nitrogens is 1. The fraction of sp³-hybridized carbons (Fsp3) is 0.0769. The summed E-state index contributed by atoms with van der Waals surface area (Å²) in [5.41, 5.74) is -0.0923. The van der Waals surface area contributed by atoms with E-state index in [0.29, 0.717) is 17.8 Å². The van der Waals surface area contributed by atoms with Crippen molar-refractivity contribution >= 4 is 22.2 Å². The Morgan fingerprint density at radius 2 is 2.22 bits per heavy atom. The first-order valence-electron chi connectivity index (χ1n) is 5.34. The predicted molar refractivity (Wildman–Crippen MR) is 67.4 cm³/mol. The molecule has 0 bridgehead atoms. The lowest BCUT2D eigenvalue weighted by atomic mass is 10.2. The van der Waals surface area contributed by atoms with E-state index in [1.807, 2.05) is 17.5 Å². The summed E-state index contributed by atoms with van der Waals surface area (Å²) in [4.78, 5) is 17.0. The molecule has 3 aromatic rings. The zero-order valence-corrected chi connectivity index (χ0v) is 10.0. The highest BCUT2D eigenvalue weighted by Gasteiger charge is 2.08. The molecule has 0 unspecified atom stereocenters. The Hall–Kier alpha value is -2.01. The predicted octanol–water partition coefficient (Wildman–Crippen LogP) is 2.98. The van der Waals surface area contributed by atoms with Crippen molar-refractivity contribution in [2.45, 2.75) is 6.42 Å². The molecular weight excluding hydrogens is 253 g/mol. The van der Waals surface area contributed by atoms with Gasteiger partial charge in [-0.3, -0.25) is 0 Å². The number of thiophene rings is 1. The monoisotopic (exact) mass is 261 g/mol. The number of nitrogens with zero attached hydrogens (tertiary/aromatic N) is 1. The first-order valence-corrected chi connectivity index (χ1v) is 6.22. The van der Waals surface area contributed by atoms with Crippen LogP contribution in [0.4, 0.5) is 4.39 Å². The minimum Gasteiger partial charge on any atom is -0.407 e. The highest BCUT2D eigenvalue weighted by Crippen LogP contribution is 2.15. The quantitative estimate of drug-likeness (QED) is 0.712. The second-order valence-electron chi connectivity index (χ2n) is 3.81. The van der Waals surface area contributed by atoms with E-state index in [9.17, 15) is 9.18 Å². The maximum absolute atomic E-state index is 13.0. The van der Waals surface area contributed by atoms with Gasteiger partial charge < -0.3 is 4.42 Å². The number of benzene rings is 1. The molecule has 3 nitrogen and oxygen atoms in total. The largest absolute Gasteiger partial charge is 0.407 e. The lowest BCUT2D eigenvalue weighted by molar-refractivity contribution is 0.455. The molecule has 18 heavy (non-hydrogen) atoms. The van der Waals surface area contributed by atoms with E-state index >= 15 is 0 Å². The van der Waals surface area contributed by atoms with Gasteiger partial charge in [0.15, 0.2) is 0 Å². The van der Waals surface area contributed by atoms with Crippen LogP contribution in [0.5, 0.6) is 0 Å². The molecule has 5 heteroatoms. The molecule has 3 rings (SSSR count). The molecule has 0 aliphatic heterocycles. The summed E-state index contributed by atoms with van der Waals surface area (Å²) >= 11 is 1.57. The average molecular weight is 261 g/mol. The molecule has 90 valence electrons. The van der Waals surface area contributed by atoms with Crippen LogP contribution in [0.15, 0.2) is 44.9 Å². The van der Waals surface area contributed by atoms with Crippen molar-refractivity contribution in [3.63, 3.8) is 0 Å². The standard InChI is InChI=1S/C13H8FNO2S/c14-8-3-4-11-10(6-8)13(16)17-12(15-11)7-9-2-1-5-18-9/h1-6H,7H2. The molecule has 2 aromatic heterocycles. The number of fused-ring (bicyclic) bond motifs is 1. The highest BCUT2D eigenvalue weighted by molar-refractivity contribution is 7.09. The van der Waals surface area contributed by atoms with Gasteiger partial charge >= 0.3 is 5.63 Å². The van der Waals surface area contributed by atoms with E-state index in [1.54, 1.807) is 11.3 Å². The van der Waals surface area contributed by atoms with Crippen molar-refractivity contribution in [3.05, 3.63) is 62.7 Å². The van der Waals surface area contributed by atoms with Gasteiger partial charge in [0.2, 0.25) is 5.89 Å². The van der Waals surface area contributed by atoms with Gasteiger partial charge in [0.1, 0.15) is 5.82 Å². The Kier molecular flexibility index (Phi) is 2.68. The van der Waals surface area contributed by atoms with Crippen molar-refractivity contribution in [3.8, 4) is 0 Å². The molecule has 0 N–H and O–H groups in total. The molecule has 0 saturated heterocycles. The van der Waals surface area contributed by atoms with Crippen LogP contribution in [0, 0.1) is 5.82 Å². The number of hydrogen-bond acceptors (Lipinski definition) is 4. The van der Waals surface area contributed by atoms with Crippen LogP contribution in [-0.2, 0) is 6.42 Å². The first-order chi connectivity index (χ1) is 8.72. The van der Waals surface area contributed by atoms with Crippen LogP contribution >= 0.6 is 11.3 Å². The summed E-state index contributed by atoms with van der Waals surface area (Å²) in [5.74, 6) is -0.121. The van der Waals surface area contributed by atoms with Gasteiger partial charge in [-0.1, -0.05) is 6.07 Å². The van der Waals surface area contributed by atoms with Crippen molar-refractivity contribution in [2.75, 3.05) is 0 Å². The van der Waals surface area contributed by atoms with Crippen molar-refractivity contribution < 1.29 is 8.81 Å². The van der Waals surface area contributed by atoms with E-state index in [-0.39, 0.29) is 5.39 Å². The second kappa shape index (κ2) is 4.34. The number of rotatable bonds is 2. The smallest absolute Gasteiger partial charge is 0.346 e. The maximum Gasteiger partial charge on any atom is 0.346 e. The molecule has 0 aliphatic carbocycles. The maximum atomic E-state index is 13.0. The molecule has 0 atom stereocenters. The van der Waals surface area contributed by atoms with Gasteiger partial charge in [-0.05, 0) is 29.6 Å². The van der Waals surface area contributed by atoms with Crippen LogP contribution in [0.25, 0.3) is 10.9 Å². The molecule has 0 fully saturated rings. The first kappa shape index (κ1) is 11.1. The Morgan fingerprint density at radius 1 is 1.33 bits per heavy atom. The van der Waals surface area contributed by atoms with Crippen molar-refractivity contribution in [1.82, 2.24) is 4.98 Å². The molecule has 2 heterocycles. The van der Waals surface area contributed by atoms with E-state index in [4.69, 9.17) is 4.42 Å². The normalized spacial score (nSPS) is 10.9. The summed E-state index contributed by atoms with van der Waals surface area (Å²) in [5, 5.41) is 2.12. The summed E-state index contributed by atoms with van der Waals surface area (Å²) in [6, 6.07) is 7.78. The topological polar surface area (TPSA) is 43.1 Å². The zero-order valence-electron chi connectivity index (χ0n) is 9.22. The fourth-order valence-electron chi connectivity index (χ4n) is 1.73. The molecule has 0 saturated carbocycles. The third-order valence-corrected chi connectivity index (χ3v) is 3.42. The zero-order chi connectivity index (χ0) is 12.5. The van der Waals surface area contributed by atoms with Crippen molar-refractivity contribution in [1.29, 1.82) is 0 Å². The van der Waals surface area contributed by atoms with E-state index in [1.165, 1.54) is 12.1 Å². The fourth-order valence-corrected chi connectivity index (χ4v) is 2.42. The Labute approximate surface area is 106 Å². The Balaban J connectivity index is 2.10. The lowest BCUT2D eigenvalue weighted by Gasteiger charge is -2.00. The van der Waals surface area contributed by atoms with E-state index < -0.39 is 11.4 Å². The minimum atomic E-state index is -0.550. The lowest BCUT2D eigenvalue weighted by Crippen LogP contribution is -2.05. The van der Waals surface area contributed by atoms with Crippen LogP contribution in [0.1, 0.15) is 10.8 Å². The van der Waals surface area contributed by atoms with Gasteiger partial charge in [-0.2, -0.15) is 0 Å². The molecule has 0 amide bonds. The van der Waals surface area contributed by atoms with E-state index in [0.717, 1.165) is 10.9 Å². The van der Waals surface area contributed by atoms with Crippen LogP contribution in [0.2, 0.25) is 0 Å². The Morgan fingerprint density at radius 3 is 3.00 bits per heavy atom. The van der Waals surface area contributed by atoms with Crippen LogP contribution < -0.4 is 5.63 Å². The second-order valence-corrected chi connectivity index (χ2v) is 4.84. The molecule has 0 aliphatic rings. The average Bonchev–Trinajstić information content (AvgIpc) is 2.83.